The molecule has 0 aliphatic rings. The molecule has 1 heterocycles. The molecule has 0 saturated heterocycles. The Labute approximate surface area is 119 Å². The van der Waals surface area contributed by atoms with Crippen molar-refractivity contribution in [3.63, 3.8) is 0 Å². The fourth-order valence-electron chi connectivity index (χ4n) is 2.59. The third kappa shape index (κ3) is 3.76. The van der Waals surface area contributed by atoms with Crippen LogP contribution >= 0.6 is 0 Å². The number of aliphatic hydroxyl groups is 1. The first-order valence-corrected chi connectivity index (χ1v) is 6.75. The van der Waals surface area contributed by atoms with Crippen molar-refractivity contribution in [2.45, 2.75) is 53.1 Å². The van der Waals surface area contributed by atoms with Gasteiger partial charge in [0, 0.05) is 23.2 Å². The van der Waals surface area contributed by atoms with Gasteiger partial charge in [0.15, 0.2) is 6.29 Å². The molecule has 0 aliphatic carbocycles. The van der Waals surface area contributed by atoms with E-state index in [0.29, 0.717) is 6.29 Å². The van der Waals surface area contributed by atoms with Crippen LogP contribution in [0.25, 0.3) is 0 Å². The SMILES string of the molecule is CC(C)(CC(O)C(c1cnc[nH]1)C(C)(C)C)C(=O)C=O. The normalized spacial score (nSPS) is 15.7. The van der Waals surface area contributed by atoms with Gasteiger partial charge >= 0.3 is 0 Å². The number of aromatic nitrogens is 2. The Kier molecular flexibility index (Phi) is 4.86. The number of aliphatic hydroxyl groups excluding tert-OH is 1. The summed E-state index contributed by atoms with van der Waals surface area (Å²) in [7, 11) is 0. The van der Waals surface area contributed by atoms with Crippen LogP contribution in [0, 0.1) is 10.8 Å². The number of ketones is 1. The third-order valence-corrected chi connectivity index (χ3v) is 3.67. The molecule has 0 radical (unpaired) electrons. The number of aromatic amines is 1. The molecule has 1 aromatic heterocycles. The summed E-state index contributed by atoms with van der Waals surface area (Å²) in [6, 6.07) is 0. The summed E-state index contributed by atoms with van der Waals surface area (Å²) in [6.45, 7) is 9.43. The Morgan fingerprint density at radius 1 is 1.40 bits per heavy atom. The van der Waals surface area contributed by atoms with E-state index in [0.717, 1.165) is 5.69 Å². The van der Waals surface area contributed by atoms with E-state index in [-0.39, 0.29) is 17.8 Å². The number of carbonyl (C=O) groups excluding carboxylic acids is 2. The Balaban J connectivity index is 2.99. The van der Waals surface area contributed by atoms with Gasteiger partial charge in [-0.05, 0) is 11.8 Å². The largest absolute Gasteiger partial charge is 0.392 e. The maximum atomic E-state index is 11.6. The van der Waals surface area contributed by atoms with Gasteiger partial charge in [0.1, 0.15) is 0 Å². The lowest BCUT2D eigenvalue weighted by atomic mass is 9.70. The topological polar surface area (TPSA) is 83.1 Å². The van der Waals surface area contributed by atoms with Gasteiger partial charge in [0.25, 0.3) is 0 Å². The molecule has 0 bridgehead atoms. The molecule has 20 heavy (non-hydrogen) atoms. The smallest absolute Gasteiger partial charge is 0.200 e. The Bertz CT molecular complexity index is 458. The van der Waals surface area contributed by atoms with E-state index in [1.165, 1.54) is 0 Å². The predicted molar refractivity (Wildman–Crippen MR) is 76.3 cm³/mol. The summed E-state index contributed by atoms with van der Waals surface area (Å²) >= 11 is 0. The van der Waals surface area contributed by atoms with Crippen LogP contribution in [0.1, 0.15) is 52.7 Å². The van der Waals surface area contributed by atoms with Gasteiger partial charge in [0.05, 0.1) is 12.4 Å². The number of nitrogens with zero attached hydrogens (tertiary/aromatic N) is 1. The molecule has 0 saturated carbocycles. The maximum absolute atomic E-state index is 11.6. The van der Waals surface area contributed by atoms with E-state index in [2.05, 4.69) is 9.97 Å². The predicted octanol–water partition coefficient (Wildman–Crippen LogP) is 2.08. The molecule has 0 spiro atoms. The second-order valence-electron chi connectivity index (χ2n) is 6.99. The molecular weight excluding hydrogens is 256 g/mol. The average Bonchev–Trinajstić information content (AvgIpc) is 2.78. The quantitative estimate of drug-likeness (QED) is 0.617. The Morgan fingerprint density at radius 3 is 2.40 bits per heavy atom. The van der Waals surface area contributed by atoms with Crippen LogP contribution in [0.3, 0.4) is 0 Å². The van der Waals surface area contributed by atoms with Crippen molar-refractivity contribution in [2.24, 2.45) is 10.8 Å². The lowest BCUT2D eigenvalue weighted by Gasteiger charge is -2.36. The van der Waals surface area contributed by atoms with Gasteiger partial charge < -0.3 is 10.1 Å². The molecule has 0 aromatic carbocycles. The fourth-order valence-corrected chi connectivity index (χ4v) is 2.59. The first-order valence-electron chi connectivity index (χ1n) is 6.75. The van der Waals surface area contributed by atoms with Crippen LogP contribution in [0.2, 0.25) is 0 Å². The van der Waals surface area contributed by atoms with Crippen molar-refractivity contribution in [3.05, 3.63) is 18.2 Å². The molecule has 0 aliphatic heterocycles. The van der Waals surface area contributed by atoms with Gasteiger partial charge in [-0.1, -0.05) is 34.6 Å². The molecule has 2 unspecified atom stereocenters. The number of hydrogen-bond donors (Lipinski definition) is 2. The van der Waals surface area contributed by atoms with Crippen molar-refractivity contribution in [1.29, 1.82) is 0 Å². The van der Waals surface area contributed by atoms with Crippen LogP contribution in [-0.4, -0.2) is 33.2 Å². The second kappa shape index (κ2) is 5.87. The fraction of sp³-hybridized carbons (Fsp3) is 0.667. The highest BCUT2D eigenvalue weighted by atomic mass is 16.3. The number of imidazole rings is 1. The molecule has 0 amide bonds. The molecule has 2 N–H and O–H groups in total. The minimum atomic E-state index is -0.870. The standard InChI is InChI=1S/C15H24N2O3/c1-14(2,3)13(10-7-16-9-17-10)11(19)6-15(4,5)12(20)8-18/h7-9,11,13,19H,6H2,1-5H3,(H,16,17). The van der Waals surface area contributed by atoms with Crippen LogP contribution in [-0.2, 0) is 9.59 Å². The summed E-state index contributed by atoms with van der Waals surface area (Å²) in [5.41, 5.74) is -0.240. The zero-order chi connectivity index (χ0) is 15.6. The average molecular weight is 280 g/mol. The van der Waals surface area contributed by atoms with Gasteiger partial charge in [-0.15, -0.1) is 0 Å². The third-order valence-electron chi connectivity index (χ3n) is 3.67. The van der Waals surface area contributed by atoms with E-state index in [9.17, 15) is 14.7 Å². The number of carbonyl (C=O) groups is 2. The monoisotopic (exact) mass is 280 g/mol. The zero-order valence-corrected chi connectivity index (χ0v) is 12.8. The van der Waals surface area contributed by atoms with Crippen molar-refractivity contribution >= 4 is 12.1 Å². The van der Waals surface area contributed by atoms with Gasteiger partial charge in [0.2, 0.25) is 5.78 Å². The minimum absolute atomic E-state index is 0.191. The summed E-state index contributed by atoms with van der Waals surface area (Å²) < 4.78 is 0. The summed E-state index contributed by atoms with van der Waals surface area (Å²) in [6.07, 6.45) is 3.07. The molecule has 1 aromatic rings. The van der Waals surface area contributed by atoms with E-state index in [4.69, 9.17) is 0 Å². The van der Waals surface area contributed by atoms with Crippen LogP contribution in [0.4, 0.5) is 0 Å². The van der Waals surface area contributed by atoms with Gasteiger partial charge in [-0.3, -0.25) is 9.59 Å². The summed E-state index contributed by atoms with van der Waals surface area (Å²) in [4.78, 5) is 29.3. The van der Waals surface area contributed by atoms with Crippen LogP contribution in [0.15, 0.2) is 12.5 Å². The highest BCUT2D eigenvalue weighted by Crippen LogP contribution is 2.40. The number of nitrogens with one attached hydrogen (secondary N) is 1. The second-order valence-corrected chi connectivity index (χ2v) is 6.99. The number of hydrogen-bond acceptors (Lipinski definition) is 4. The first-order chi connectivity index (χ1) is 9.09. The molecule has 5 heteroatoms. The number of rotatable bonds is 6. The molecule has 112 valence electrons. The number of aldehydes is 1. The highest BCUT2D eigenvalue weighted by molar-refractivity contribution is 6.27. The van der Waals surface area contributed by atoms with Crippen molar-refractivity contribution < 1.29 is 14.7 Å². The lowest BCUT2D eigenvalue weighted by Crippen LogP contribution is -2.37. The van der Waals surface area contributed by atoms with Crippen LogP contribution < -0.4 is 0 Å². The van der Waals surface area contributed by atoms with E-state index in [1.54, 1.807) is 26.4 Å². The first kappa shape index (κ1) is 16.6. The van der Waals surface area contributed by atoms with Crippen molar-refractivity contribution in [1.82, 2.24) is 9.97 Å². The molecular formula is C15H24N2O3. The molecule has 2 atom stereocenters. The van der Waals surface area contributed by atoms with E-state index in [1.807, 2.05) is 20.8 Å². The van der Waals surface area contributed by atoms with Gasteiger partial charge in [-0.25, -0.2) is 4.98 Å². The number of Topliss-reactive ketones (excluding diaryl/α,β-unsaturated/α-hetero) is 1. The zero-order valence-electron chi connectivity index (χ0n) is 12.8. The summed E-state index contributed by atoms with van der Waals surface area (Å²) in [5.74, 6) is -0.683. The van der Waals surface area contributed by atoms with E-state index >= 15 is 0 Å². The maximum Gasteiger partial charge on any atom is 0.200 e. The Morgan fingerprint density at radius 2 is 2.00 bits per heavy atom. The molecule has 1 rings (SSSR count). The van der Waals surface area contributed by atoms with Crippen LogP contribution in [0.5, 0.6) is 0 Å². The van der Waals surface area contributed by atoms with Crippen molar-refractivity contribution in [2.75, 3.05) is 0 Å². The Hall–Kier alpha value is -1.49. The summed E-state index contributed by atoms with van der Waals surface area (Å²) in [5, 5.41) is 10.6. The number of H-pyrrole nitrogens is 1. The van der Waals surface area contributed by atoms with E-state index < -0.39 is 17.3 Å². The molecule has 0 fully saturated rings. The minimum Gasteiger partial charge on any atom is -0.392 e. The molecule has 5 nitrogen and oxygen atoms in total. The lowest BCUT2D eigenvalue weighted by molar-refractivity contribution is -0.137. The highest BCUT2D eigenvalue weighted by Gasteiger charge is 2.38. The van der Waals surface area contributed by atoms with Crippen molar-refractivity contribution in [3.8, 4) is 0 Å². The van der Waals surface area contributed by atoms with Gasteiger partial charge in [-0.2, -0.15) is 0 Å².